The van der Waals surface area contributed by atoms with Crippen LogP contribution in [0.25, 0.3) is 0 Å². The normalized spacial score (nSPS) is 10.9. The van der Waals surface area contributed by atoms with E-state index in [-0.39, 0.29) is 27.5 Å². The smallest absolute Gasteiger partial charge is 0.446 e. The molecular weight excluding hydrogens is 299 g/mol. The summed E-state index contributed by atoms with van der Waals surface area (Å²) in [4.78, 5) is 11.4. The van der Waals surface area contributed by atoms with Crippen LogP contribution in [0, 0.1) is 11.3 Å². The van der Waals surface area contributed by atoms with Crippen molar-refractivity contribution < 1.29 is 22.7 Å². The minimum absolute atomic E-state index is 0.0492. The van der Waals surface area contributed by atoms with E-state index in [9.17, 15) is 18.0 Å². The molecule has 0 heterocycles. The Kier molecular flexibility index (Phi) is 5.14. The van der Waals surface area contributed by atoms with Gasteiger partial charge < -0.3 is 4.74 Å². The van der Waals surface area contributed by atoms with Crippen LogP contribution in [0.4, 0.5) is 13.2 Å². The van der Waals surface area contributed by atoms with Gasteiger partial charge in [0.1, 0.15) is 6.07 Å². The molecule has 0 saturated heterocycles. The SMILES string of the molecule is CCOC(=O)c1c(S)ccc(SC(F)(F)F)c1C#N. The predicted molar refractivity (Wildman–Crippen MR) is 66.3 cm³/mol. The van der Waals surface area contributed by atoms with Crippen molar-refractivity contribution in [3.8, 4) is 6.07 Å². The number of nitrogens with zero attached hydrogens (tertiary/aromatic N) is 1. The maximum absolute atomic E-state index is 12.4. The van der Waals surface area contributed by atoms with Crippen molar-refractivity contribution in [1.29, 1.82) is 5.26 Å². The summed E-state index contributed by atoms with van der Waals surface area (Å²) < 4.78 is 41.8. The summed E-state index contributed by atoms with van der Waals surface area (Å²) in [6, 6.07) is 3.92. The lowest BCUT2D eigenvalue weighted by atomic mass is 10.1. The minimum atomic E-state index is -4.55. The van der Waals surface area contributed by atoms with E-state index in [0.29, 0.717) is 0 Å². The lowest BCUT2D eigenvalue weighted by Gasteiger charge is -2.12. The largest absolute Gasteiger partial charge is 0.462 e. The van der Waals surface area contributed by atoms with Crippen LogP contribution < -0.4 is 0 Å². The van der Waals surface area contributed by atoms with Gasteiger partial charge in [0.25, 0.3) is 0 Å². The fourth-order valence-corrected chi connectivity index (χ4v) is 2.22. The Morgan fingerprint density at radius 3 is 2.63 bits per heavy atom. The van der Waals surface area contributed by atoms with Gasteiger partial charge in [-0.05, 0) is 30.8 Å². The molecular formula is C11H8F3NO2S2. The number of carbonyl (C=O) groups excluding carboxylic acids is 1. The summed E-state index contributed by atoms with van der Waals surface area (Å²) in [7, 11) is 0. The molecule has 0 fully saturated rings. The third-order valence-corrected chi connectivity index (χ3v) is 3.13. The maximum Gasteiger partial charge on any atom is 0.446 e. The summed E-state index contributed by atoms with van der Waals surface area (Å²) in [6.45, 7) is 1.60. The van der Waals surface area contributed by atoms with Crippen molar-refractivity contribution >= 4 is 30.4 Å². The second-order valence-electron chi connectivity index (χ2n) is 3.21. The number of hydrogen-bond acceptors (Lipinski definition) is 5. The lowest BCUT2D eigenvalue weighted by molar-refractivity contribution is -0.0328. The zero-order valence-corrected chi connectivity index (χ0v) is 11.3. The summed E-state index contributed by atoms with van der Waals surface area (Å²) in [5, 5.41) is 8.97. The molecule has 0 aliphatic carbocycles. The van der Waals surface area contributed by atoms with Crippen LogP contribution in [0.5, 0.6) is 0 Å². The lowest BCUT2D eigenvalue weighted by Crippen LogP contribution is -2.10. The quantitative estimate of drug-likeness (QED) is 0.526. The van der Waals surface area contributed by atoms with Crippen molar-refractivity contribution in [2.24, 2.45) is 0 Å². The van der Waals surface area contributed by atoms with Crippen LogP contribution in [0.1, 0.15) is 22.8 Å². The molecule has 102 valence electrons. The van der Waals surface area contributed by atoms with E-state index in [1.54, 1.807) is 13.0 Å². The predicted octanol–water partition coefficient (Wildman–Crippen LogP) is 3.64. The van der Waals surface area contributed by atoms with Gasteiger partial charge in [-0.2, -0.15) is 18.4 Å². The number of esters is 1. The van der Waals surface area contributed by atoms with E-state index in [1.165, 1.54) is 6.07 Å². The molecule has 0 spiro atoms. The fraction of sp³-hybridized carbons (Fsp3) is 0.273. The van der Waals surface area contributed by atoms with Gasteiger partial charge >= 0.3 is 11.5 Å². The molecule has 3 nitrogen and oxygen atoms in total. The topological polar surface area (TPSA) is 50.1 Å². The van der Waals surface area contributed by atoms with E-state index in [1.807, 2.05) is 0 Å². The number of ether oxygens (including phenoxy) is 1. The highest BCUT2D eigenvalue weighted by Gasteiger charge is 2.32. The number of nitriles is 1. The first kappa shape index (κ1) is 15.7. The van der Waals surface area contributed by atoms with E-state index in [4.69, 9.17) is 10.00 Å². The molecule has 8 heteroatoms. The van der Waals surface area contributed by atoms with Crippen molar-refractivity contribution in [3.63, 3.8) is 0 Å². The first-order chi connectivity index (χ1) is 8.80. The molecule has 1 aromatic rings. The van der Waals surface area contributed by atoms with Crippen molar-refractivity contribution in [2.75, 3.05) is 6.61 Å². The summed E-state index contributed by atoms with van der Waals surface area (Å²) in [5.74, 6) is -0.867. The molecule has 0 saturated carbocycles. The molecule has 0 aromatic heterocycles. The molecule has 0 atom stereocenters. The molecule has 0 radical (unpaired) electrons. The second-order valence-corrected chi connectivity index (χ2v) is 4.80. The van der Waals surface area contributed by atoms with Crippen LogP contribution in [0.2, 0.25) is 0 Å². The van der Waals surface area contributed by atoms with Crippen LogP contribution in [-0.2, 0) is 4.74 Å². The molecule has 0 aliphatic rings. The number of halogens is 3. The highest BCUT2D eigenvalue weighted by molar-refractivity contribution is 8.00. The highest BCUT2D eigenvalue weighted by atomic mass is 32.2. The molecule has 19 heavy (non-hydrogen) atoms. The van der Waals surface area contributed by atoms with E-state index >= 15 is 0 Å². The van der Waals surface area contributed by atoms with Gasteiger partial charge in [-0.1, -0.05) is 0 Å². The van der Waals surface area contributed by atoms with E-state index in [2.05, 4.69) is 12.6 Å². The van der Waals surface area contributed by atoms with Gasteiger partial charge in [0.15, 0.2) is 0 Å². The number of alkyl halides is 3. The number of thioether (sulfide) groups is 1. The Morgan fingerprint density at radius 2 is 2.16 bits per heavy atom. The number of carbonyl (C=O) groups is 1. The van der Waals surface area contributed by atoms with Crippen LogP contribution in [-0.4, -0.2) is 18.1 Å². The van der Waals surface area contributed by atoms with Crippen LogP contribution >= 0.6 is 24.4 Å². The van der Waals surface area contributed by atoms with Gasteiger partial charge in [0.2, 0.25) is 0 Å². The number of rotatable bonds is 3. The van der Waals surface area contributed by atoms with Crippen molar-refractivity contribution in [3.05, 3.63) is 23.3 Å². The maximum atomic E-state index is 12.4. The standard InChI is InChI=1S/C11H8F3NO2S2/c1-2-17-10(16)9-6(5-15)8(4-3-7(9)18)19-11(12,13)14/h3-4,18H,2H2,1H3. The van der Waals surface area contributed by atoms with Gasteiger partial charge in [0.05, 0.1) is 17.7 Å². The Hall–Kier alpha value is -1.33. The van der Waals surface area contributed by atoms with Crippen LogP contribution in [0.15, 0.2) is 21.9 Å². The molecule has 0 aliphatic heterocycles. The first-order valence-corrected chi connectivity index (χ1v) is 6.25. The highest BCUT2D eigenvalue weighted by Crippen LogP contribution is 2.40. The number of thiol groups is 1. The van der Waals surface area contributed by atoms with Gasteiger partial charge in [-0.25, -0.2) is 4.79 Å². The Balaban J connectivity index is 3.35. The zero-order valence-electron chi connectivity index (χ0n) is 9.61. The van der Waals surface area contributed by atoms with Crippen molar-refractivity contribution in [2.45, 2.75) is 22.2 Å². The minimum Gasteiger partial charge on any atom is -0.462 e. The third kappa shape index (κ3) is 4.08. The summed E-state index contributed by atoms with van der Waals surface area (Å²) in [5.41, 5.74) is -5.18. The average Bonchev–Trinajstić information content (AvgIpc) is 2.29. The van der Waals surface area contributed by atoms with Gasteiger partial charge in [-0.3, -0.25) is 0 Å². The first-order valence-electron chi connectivity index (χ1n) is 4.99. The Morgan fingerprint density at radius 1 is 1.53 bits per heavy atom. The average molecular weight is 307 g/mol. The zero-order chi connectivity index (χ0) is 14.6. The van der Waals surface area contributed by atoms with Crippen molar-refractivity contribution in [1.82, 2.24) is 0 Å². The van der Waals surface area contributed by atoms with E-state index in [0.717, 1.165) is 6.07 Å². The molecule has 0 bridgehead atoms. The molecule has 0 N–H and O–H groups in total. The Labute approximate surface area is 117 Å². The molecule has 1 aromatic carbocycles. The number of hydrogen-bond donors (Lipinski definition) is 1. The monoisotopic (exact) mass is 307 g/mol. The van der Waals surface area contributed by atoms with Crippen LogP contribution in [0.3, 0.4) is 0 Å². The summed E-state index contributed by atoms with van der Waals surface area (Å²) in [6.07, 6.45) is 0. The molecule has 1 rings (SSSR count). The number of benzene rings is 1. The summed E-state index contributed by atoms with van der Waals surface area (Å²) >= 11 is 3.52. The van der Waals surface area contributed by atoms with Gasteiger partial charge in [-0.15, -0.1) is 12.6 Å². The molecule has 0 unspecified atom stereocenters. The fourth-order valence-electron chi connectivity index (χ4n) is 1.30. The van der Waals surface area contributed by atoms with E-state index < -0.39 is 23.2 Å². The second kappa shape index (κ2) is 6.21. The molecule has 0 amide bonds. The Bertz CT molecular complexity index is 538. The third-order valence-electron chi connectivity index (χ3n) is 1.96. The van der Waals surface area contributed by atoms with Gasteiger partial charge in [0, 0.05) is 9.79 Å².